The molecule has 0 aliphatic rings. The summed E-state index contributed by atoms with van der Waals surface area (Å²) in [7, 11) is 1.84. The van der Waals surface area contributed by atoms with Gasteiger partial charge in [-0.25, -0.2) is 4.98 Å². The number of benzene rings is 1. The summed E-state index contributed by atoms with van der Waals surface area (Å²) in [5, 5.41) is 13.7. The molecule has 5 heteroatoms. The molecule has 0 aliphatic carbocycles. The Morgan fingerprint density at radius 1 is 1.25 bits per heavy atom. The van der Waals surface area contributed by atoms with Crippen LogP contribution >= 0.6 is 11.3 Å². The van der Waals surface area contributed by atoms with Crippen molar-refractivity contribution in [3.63, 3.8) is 0 Å². The van der Waals surface area contributed by atoms with Crippen molar-refractivity contribution in [1.82, 2.24) is 14.8 Å². The van der Waals surface area contributed by atoms with Crippen molar-refractivity contribution in [3.05, 3.63) is 47.1 Å². The fourth-order valence-corrected chi connectivity index (χ4v) is 3.26. The maximum absolute atomic E-state index is 9.38. The molecule has 0 atom stereocenters. The molecule has 0 unspecified atom stereocenters. The van der Waals surface area contributed by atoms with E-state index in [1.54, 1.807) is 11.0 Å². The lowest BCUT2D eigenvalue weighted by Crippen LogP contribution is -1.88. The summed E-state index contributed by atoms with van der Waals surface area (Å²) >= 11 is 1.45. The fraction of sp³-hybridized carbons (Fsp3) is 0.133. The molecule has 4 nitrogen and oxygen atoms in total. The first-order valence-corrected chi connectivity index (χ1v) is 6.97. The minimum atomic E-state index is 0.675. The van der Waals surface area contributed by atoms with Gasteiger partial charge in [-0.3, -0.25) is 4.68 Å². The van der Waals surface area contributed by atoms with E-state index in [0.717, 1.165) is 21.6 Å². The Balaban J connectivity index is 2.22. The van der Waals surface area contributed by atoms with E-state index in [-0.39, 0.29) is 0 Å². The molecule has 98 valence electrons. The van der Waals surface area contributed by atoms with E-state index in [0.29, 0.717) is 10.7 Å². The predicted octanol–water partition coefficient (Wildman–Crippen LogP) is 3.39. The second kappa shape index (κ2) is 4.91. The van der Waals surface area contributed by atoms with Crippen LogP contribution in [0.1, 0.15) is 10.4 Å². The van der Waals surface area contributed by atoms with Crippen LogP contribution in [-0.4, -0.2) is 14.8 Å². The average molecular weight is 280 g/mol. The second-order valence-electron chi connectivity index (χ2n) is 4.48. The van der Waals surface area contributed by atoms with Gasteiger partial charge in [0.2, 0.25) is 0 Å². The van der Waals surface area contributed by atoms with Crippen LogP contribution in [0.5, 0.6) is 0 Å². The molecule has 3 aromatic rings. The van der Waals surface area contributed by atoms with E-state index in [2.05, 4.69) is 16.2 Å². The summed E-state index contributed by atoms with van der Waals surface area (Å²) in [5.74, 6) is 0.675. The van der Waals surface area contributed by atoms with E-state index in [1.807, 2.05) is 44.3 Å². The van der Waals surface area contributed by atoms with Gasteiger partial charge in [0, 0.05) is 12.6 Å². The van der Waals surface area contributed by atoms with E-state index in [1.165, 1.54) is 11.3 Å². The molecule has 0 bridgehead atoms. The topological polar surface area (TPSA) is 54.5 Å². The lowest BCUT2D eigenvalue weighted by molar-refractivity contribution is 0.768. The standard InChI is InChI=1S/C15H12N4S/c1-10-13(11-6-4-3-5-7-11)12(8-16)20-14(10)15-17-9-19(2)18-15/h3-7,9H,1-2H3. The van der Waals surface area contributed by atoms with Crippen LogP contribution in [0.3, 0.4) is 0 Å². The van der Waals surface area contributed by atoms with E-state index >= 15 is 0 Å². The number of thiophene rings is 1. The number of aryl methyl sites for hydroxylation is 1. The summed E-state index contributed by atoms with van der Waals surface area (Å²) in [6.07, 6.45) is 1.67. The van der Waals surface area contributed by atoms with Crippen molar-refractivity contribution in [3.8, 4) is 27.9 Å². The van der Waals surface area contributed by atoms with Crippen LogP contribution in [0.4, 0.5) is 0 Å². The number of hydrogen-bond acceptors (Lipinski definition) is 4. The molecule has 0 amide bonds. The van der Waals surface area contributed by atoms with Crippen LogP contribution in [0.25, 0.3) is 21.8 Å². The summed E-state index contributed by atoms with van der Waals surface area (Å²) in [5.41, 5.74) is 3.10. The molecule has 2 aromatic heterocycles. The lowest BCUT2D eigenvalue weighted by Gasteiger charge is -2.01. The van der Waals surface area contributed by atoms with E-state index < -0.39 is 0 Å². The molecule has 0 aliphatic heterocycles. The zero-order valence-electron chi connectivity index (χ0n) is 11.2. The van der Waals surface area contributed by atoms with Gasteiger partial charge in [0.1, 0.15) is 17.3 Å². The summed E-state index contributed by atoms with van der Waals surface area (Å²) in [6.45, 7) is 2.02. The number of rotatable bonds is 2. The molecular weight excluding hydrogens is 268 g/mol. The molecule has 1 aromatic carbocycles. The SMILES string of the molecule is Cc1c(-c2ncn(C)n2)sc(C#N)c1-c1ccccc1. The zero-order valence-corrected chi connectivity index (χ0v) is 12.0. The summed E-state index contributed by atoms with van der Waals surface area (Å²) in [6, 6.07) is 12.3. The maximum Gasteiger partial charge on any atom is 0.191 e. The summed E-state index contributed by atoms with van der Waals surface area (Å²) < 4.78 is 1.67. The van der Waals surface area contributed by atoms with Gasteiger partial charge in [0.15, 0.2) is 5.82 Å². The Morgan fingerprint density at radius 3 is 2.60 bits per heavy atom. The highest BCUT2D eigenvalue weighted by molar-refractivity contribution is 7.16. The monoisotopic (exact) mass is 280 g/mol. The molecule has 0 N–H and O–H groups in total. The van der Waals surface area contributed by atoms with Crippen LogP contribution in [0.2, 0.25) is 0 Å². The molecule has 3 rings (SSSR count). The maximum atomic E-state index is 9.38. The third-order valence-electron chi connectivity index (χ3n) is 3.11. The molecule has 20 heavy (non-hydrogen) atoms. The smallest absolute Gasteiger partial charge is 0.191 e. The molecular formula is C15H12N4S. The zero-order chi connectivity index (χ0) is 14.1. The van der Waals surface area contributed by atoms with Crippen molar-refractivity contribution < 1.29 is 0 Å². The molecule has 0 saturated heterocycles. The summed E-state index contributed by atoms with van der Waals surface area (Å²) in [4.78, 5) is 5.95. The normalized spacial score (nSPS) is 10.4. The van der Waals surface area contributed by atoms with E-state index in [4.69, 9.17) is 0 Å². The van der Waals surface area contributed by atoms with Crippen molar-refractivity contribution in [2.24, 2.45) is 7.05 Å². The largest absolute Gasteiger partial charge is 0.255 e. The van der Waals surface area contributed by atoms with Crippen LogP contribution in [-0.2, 0) is 7.05 Å². The number of hydrogen-bond donors (Lipinski definition) is 0. The first-order chi connectivity index (χ1) is 9.70. The number of aromatic nitrogens is 3. The highest BCUT2D eigenvalue weighted by Gasteiger charge is 2.19. The first-order valence-electron chi connectivity index (χ1n) is 6.15. The fourth-order valence-electron chi connectivity index (χ4n) is 2.20. The van der Waals surface area contributed by atoms with Crippen LogP contribution in [0.15, 0.2) is 36.7 Å². The van der Waals surface area contributed by atoms with Crippen LogP contribution in [0, 0.1) is 18.3 Å². The molecule has 0 fully saturated rings. The Bertz CT molecular complexity index is 793. The third kappa shape index (κ3) is 2.00. The van der Waals surface area contributed by atoms with Crippen molar-refractivity contribution >= 4 is 11.3 Å². The molecule has 2 heterocycles. The lowest BCUT2D eigenvalue weighted by atomic mass is 10.0. The highest BCUT2D eigenvalue weighted by Crippen LogP contribution is 2.40. The minimum Gasteiger partial charge on any atom is -0.255 e. The van der Waals surface area contributed by atoms with Gasteiger partial charge in [0.05, 0.1) is 4.88 Å². The Hall–Kier alpha value is -2.45. The molecule has 0 saturated carbocycles. The first kappa shape index (κ1) is 12.6. The third-order valence-corrected chi connectivity index (χ3v) is 4.31. The average Bonchev–Trinajstić information content (AvgIpc) is 3.03. The Kier molecular flexibility index (Phi) is 3.09. The van der Waals surface area contributed by atoms with Gasteiger partial charge in [-0.1, -0.05) is 30.3 Å². The van der Waals surface area contributed by atoms with E-state index in [9.17, 15) is 5.26 Å². The van der Waals surface area contributed by atoms with Gasteiger partial charge in [-0.2, -0.15) is 10.4 Å². The predicted molar refractivity (Wildman–Crippen MR) is 79.2 cm³/mol. The van der Waals surface area contributed by atoms with Gasteiger partial charge >= 0.3 is 0 Å². The molecule has 0 radical (unpaired) electrons. The highest BCUT2D eigenvalue weighted by atomic mass is 32.1. The second-order valence-corrected chi connectivity index (χ2v) is 5.50. The van der Waals surface area contributed by atoms with Crippen molar-refractivity contribution in [1.29, 1.82) is 5.26 Å². The Labute approximate surface area is 121 Å². The van der Waals surface area contributed by atoms with Gasteiger partial charge in [0.25, 0.3) is 0 Å². The number of nitrogens with zero attached hydrogens (tertiary/aromatic N) is 4. The van der Waals surface area contributed by atoms with Gasteiger partial charge in [-0.15, -0.1) is 11.3 Å². The van der Waals surface area contributed by atoms with Gasteiger partial charge < -0.3 is 0 Å². The van der Waals surface area contributed by atoms with Crippen molar-refractivity contribution in [2.45, 2.75) is 6.92 Å². The van der Waals surface area contributed by atoms with Gasteiger partial charge in [-0.05, 0) is 18.1 Å². The van der Waals surface area contributed by atoms with Crippen molar-refractivity contribution in [2.75, 3.05) is 0 Å². The minimum absolute atomic E-state index is 0.675. The Morgan fingerprint density at radius 2 is 2.00 bits per heavy atom. The van der Waals surface area contributed by atoms with Crippen LogP contribution < -0.4 is 0 Å². The molecule has 0 spiro atoms. The quantitative estimate of drug-likeness (QED) is 0.723. The number of nitriles is 1.